The molecule has 1 aliphatic rings. The van der Waals surface area contributed by atoms with Crippen molar-refractivity contribution in [2.24, 2.45) is 5.73 Å². The van der Waals surface area contributed by atoms with Crippen LogP contribution in [-0.2, 0) is 4.79 Å². The quantitative estimate of drug-likeness (QED) is 0.628. The normalized spacial score (nSPS) is 24.8. The average Bonchev–Trinajstić information content (AvgIpc) is 2.85. The van der Waals surface area contributed by atoms with Gasteiger partial charge in [0.25, 0.3) is 5.69 Å². The molecule has 1 amide bonds. The zero-order chi connectivity index (χ0) is 15.6. The first kappa shape index (κ1) is 15.2. The van der Waals surface area contributed by atoms with Crippen molar-refractivity contribution in [3.8, 4) is 5.75 Å². The Hall–Kier alpha value is -2.15. The van der Waals surface area contributed by atoms with Crippen molar-refractivity contribution in [1.29, 1.82) is 0 Å². The minimum absolute atomic E-state index is 0.0108. The van der Waals surface area contributed by atoms with Gasteiger partial charge in [0, 0.05) is 12.5 Å². The summed E-state index contributed by atoms with van der Waals surface area (Å²) in [5, 5.41) is 13.8. The summed E-state index contributed by atoms with van der Waals surface area (Å²) in [6.45, 7) is 1.83. The number of nitrogens with zero attached hydrogens (tertiary/aromatic N) is 1. The summed E-state index contributed by atoms with van der Waals surface area (Å²) < 4.78 is 5.85. The molecule has 1 aromatic carbocycles. The fourth-order valence-corrected chi connectivity index (χ4v) is 2.68. The van der Waals surface area contributed by atoms with Gasteiger partial charge in [0.1, 0.15) is 17.4 Å². The number of nitrogens with one attached hydrogen (secondary N) is 1. The van der Waals surface area contributed by atoms with Gasteiger partial charge in [0.15, 0.2) is 0 Å². The highest BCUT2D eigenvalue weighted by molar-refractivity contribution is 5.85. The van der Waals surface area contributed by atoms with Gasteiger partial charge < -0.3 is 15.8 Å². The largest absolute Gasteiger partial charge is 0.490 e. The van der Waals surface area contributed by atoms with Crippen LogP contribution in [0, 0.1) is 17.0 Å². The van der Waals surface area contributed by atoms with Crippen LogP contribution in [0.2, 0.25) is 0 Å². The first-order valence-corrected chi connectivity index (χ1v) is 6.78. The Morgan fingerprint density at radius 3 is 2.81 bits per heavy atom. The van der Waals surface area contributed by atoms with Gasteiger partial charge in [-0.1, -0.05) is 0 Å². The Morgan fingerprint density at radius 2 is 2.29 bits per heavy atom. The van der Waals surface area contributed by atoms with E-state index in [0.29, 0.717) is 25.0 Å². The number of benzene rings is 1. The Bertz CT molecular complexity index is 575. The minimum atomic E-state index is -0.751. The van der Waals surface area contributed by atoms with Gasteiger partial charge >= 0.3 is 0 Å². The maximum atomic E-state index is 11.6. The second-order valence-corrected chi connectivity index (χ2v) is 5.39. The molecule has 2 atom stereocenters. The second-order valence-electron chi connectivity index (χ2n) is 5.39. The average molecular weight is 293 g/mol. The van der Waals surface area contributed by atoms with Gasteiger partial charge in [-0.15, -0.1) is 0 Å². The summed E-state index contributed by atoms with van der Waals surface area (Å²) in [6.07, 6.45) is 1.54. The Kier molecular flexibility index (Phi) is 4.13. The highest BCUT2D eigenvalue weighted by Crippen LogP contribution is 2.34. The molecule has 1 aliphatic carbocycles. The number of ether oxygens (including phenoxy) is 1. The van der Waals surface area contributed by atoms with Crippen LogP contribution in [0.4, 0.5) is 5.69 Å². The maximum Gasteiger partial charge on any atom is 0.273 e. The molecule has 114 valence electrons. The van der Waals surface area contributed by atoms with E-state index in [1.807, 2.05) is 6.92 Å². The third-order valence-corrected chi connectivity index (χ3v) is 4.10. The summed E-state index contributed by atoms with van der Waals surface area (Å²) in [6, 6.07) is 4.51. The fourth-order valence-electron chi connectivity index (χ4n) is 2.68. The van der Waals surface area contributed by atoms with Gasteiger partial charge in [0.2, 0.25) is 5.91 Å². The number of nitro groups is 1. The molecule has 7 nitrogen and oxygen atoms in total. The van der Waals surface area contributed by atoms with E-state index >= 15 is 0 Å². The van der Waals surface area contributed by atoms with Crippen molar-refractivity contribution < 1.29 is 14.5 Å². The minimum Gasteiger partial charge on any atom is -0.490 e. The molecule has 0 aliphatic heterocycles. The summed E-state index contributed by atoms with van der Waals surface area (Å²) in [4.78, 5) is 21.9. The van der Waals surface area contributed by atoms with Gasteiger partial charge in [-0.25, -0.2) is 0 Å². The molecule has 0 bridgehead atoms. The number of non-ortho nitro benzene ring substituents is 1. The Labute approximate surface area is 122 Å². The number of primary amides is 1. The van der Waals surface area contributed by atoms with Crippen molar-refractivity contribution in [2.75, 3.05) is 7.05 Å². The monoisotopic (exact) mass is 293 g/mol. The van der Waals surface area contributed by atoms with Crippen LogP contribution in [0.1, 0.15) is 24.8 Å². The van der Waals surface area contributed by atoms with Gasteiger partial charge in [-0.3, -0.25) is 14.9 Å². The lowest BCUT2D eigenvalue weighted by Crippen LogP contribution is -2.52. The van der Waals surface area contributed by atoms with Crippen LogP contribution in [0.15, 0.2) is 18.2 Å². The van der Waals surface area contributed by atoms with Crippen molar-refractivity contribution in [3.05, 3.63) is 33.9 Å². The number of likely N-dealkylation sites (N-methyl/N-ethyl adjacent to an activating group) is 1. The van der Waals surface area contributed by atoms with E-state index in [1.54, 1.807) is 13.1 Å². The van der Waals surface area contributed by atoms with Gasteiger partial charge in [0.05, 0.1) is 11.0 Å². The number of carbonyl (C=O) groups is 1. The molecule has 1 fully saturated rings. The predicted octanol–water partition coefficient (Wildman–Crippen LogP) is 1.28. The van der Waals surface area contributed by atoms with Crippen molar-refractivity contribution in [2.45, 2.75) is 37.8 Å². The van der Waals surface area contributed by atoms with Gasteiger partial charge in [-0.2, -0.15) is 0 Å². The number of rotatable bonds is 5. The molecule has 0 heterocycles. The molecule has 21 heavy (non-hydrogen) atoms. The second kappa shape index (κ2) is 5.69. The maximum absolute atomic E-state index is 11.6. The van der Waals surface area contributed by atoms with E-state index in [1.165, 1.54) is 12.1 Å². The highest BCUT2D eigenvalue weighted by Gasteiger charge is 2.44. The summed E-state index contributed by atoms with van der Waals surface area (Å²) in [5.74, 6) is 0.0810. The van der Waals surface area contributed by atoms with E-state index < -0.39 is 16.4 Å². The smallest absolute Gasteiger partial charge is 0.273 e. The number of aryl methyl sites for hydroxylation is 1. The van der Waals surface area contributed by atoms with E-state index in [2.05, 4.69) is 5.32 Å². The number of carbonyl (C=O) groups excluding carboxylic acids is 1. The topological polar surface area (TPSA) is 107 Å². The fraction of sp³-hybridized carbons (Fsp3) is 0.500. The standard InChI is InChI=1S/C14H19N3O4/c1-9-3-4-10(17(19)20)7-12(9)21-11-5-6-14(8-11,16-2)13(15)18/h3-4,7,11,16H,5-6,8H2,1-2H3,(H2,15,18). The molecule has 1 saturated carbocycles. The first-order valence-electron chi connectivity index (χ1n) is 6.78. The number of amides is 1. The van der Waals surface area contributed by atoms with Gasteiger partial charge in [-0.05, 0) is 38.4 Å². The Morgan fingerprint density at radius 1 is 1.57 bits per heavy atom. The molecular weight excluding hydrogens is 274 g/mol. The van der Waals surface area contributed by atoms with E-state index in [0.717, 1.165) is 5.56 Å². The lowest BCUT2D eigenvalue weighted by atomic mass is 9.97. The molecule has 3 N–H and O–H groups in total. The molecule has 1 aromatic rings. The van der Waals surface area contributed by atoms with Crippen LogP contribution >= 0.6 is 0 Å². The van der Waals surface area contributed by atoms with E-state index in [9.17, 15) is 14.9 Å². The third-order valence-electron chi connectivity index (χ3n) is 4.10. The molecule has 0 saturated heterocycles. The number of hydrogen-bond donors (Lipinski definition) is 2. The van der Waals surface area contributed by atoms with Crippen LogP contribution in [-0.4, -0.2) is 29.5 Å². The summed E-state index contributed by atoms with van der Waals surface area (Å²) in [5.41, 5.74) is 5.51. The Balaban J connectivity index is 2.15. The molecule has 2 rings (SSSR count). The van der Waals surface area contributed by atoms with Crippen molar-refractivity contribution in [3.63, 3.8) is 0 Å². The molecule has 0 spiro atoms. The van der Waals surface area contributed by atoms with E-state index in [-0.39, 0.29) is 11.8 Å². The lowest BCUT2D eigenvalue weighted by Gasteiger charge is -2.25. The zero-order valence-electron chi connectivity index (χ0n) is 12.1. The van der Waals surface area contributed by atoms with E-state index in [4.69, 9.17) is 10.5 Å². The SMILES string of the molecule is CNC1(C(N)=O)CCC(Oc2cc([N+](=O)[O-])ccc2C)C1. The summed E-state index contributed by atoms with van der Waals surface area (Å²) in [7, 11) is 1.70. The number of hydrogen-bond acceptors (Lipinski definition) is 5. The number of nitro benzene ring substituents is 1. The van der Waals surface area contributed by atoms with Crippen LogP contribution in [0.5, 0.6) is 5.75 Å². The van der Waals surface area contributed by atoms with Crippen LogP contribution in [0.3, 0.4) is 0 Å². The first-order chi connectivity index (χ1) is 9.88. The molecule has 7 heteroatoms. The predicted molar refractivity (Wildman–Crippen MR) is 77.1 cm³/mol. The highest BCUT2D eigenvalue weighted by atomic mass is 16.6. The zero-order valence-corrected chi connectivity index (χ0v) is 12.1. The van der Waals surface area contributed by atoms with Crippen LogP contribution in [0.25, 0.3) is 0 Å². The number of nitrogens with two attached hydrogens (primary N) is 1. The van der Waals surface area contributed by atoms with Crippen molar-refractivity contribution >= 4 is 11.6 Å². The molecule has 2 unspecified atom stereocenters. The van der Waals surface area contributed by atoms with Crippen molar-refractivity contribution in [1.82, 2.24) is 5.32 Å². The van der Waals surface area contributed by atoms with Crippen LogP contribution < -0.4 is 15.8 Å². The third kappa shape index (κ3) is 2.97. The molecule has 0 radical (unpaired) electrons. The summed E-state index contributed by atoms with van der Waals surface area (Å²) >= 11 is 0. The molecular formula is C14H19N3O4. The molecule has 0 aromatic heterocycles. The lowest BCUT2D eigenvalue weighted by molar-refractivity contribution is -0.385.